The average molecular weight is 547 g/mol. The summed E-state index contributed by atoms with van der Waals surface area (Å²) in [5, 5.41) is 2.12. The van der Waals surface area contributed by atoms with Crippen molar-refractivity contribution in [2.45, 2.75) is 18.3 Å². The molecule has 35 heavy (non-hydrogen) atoms. The van der Waals surface area contributed by atoms with Gasteiger partial charge in [-0.1, -0.05) is 70.7 Å². The summed E-state index contributed by atoms with van der Waals surface area (Å²) in [6.07, 6.45) is 7.58. The van der Waals surface area contributed by atoms with E-state index in [9.17, 15) is 4.79 Å². The molecule has 2 aromatic carbocycles. The minimum absolute atomic E-state index is 0.0708. The number of benzene rings is 2. The van der Waals surface area contributed by atoms with E-state index in [1.54, 1.807) is 24.4 Å². The molecule has 1 saturated heterocycles. The van der Waals surface area contributed by atoms with Crippen LogP contribution < -0.4 is 4.90 Å². The Labute approximate surface area is 225 Å². The lowest BCUT2D eigenvalue weighted by atomic mass is 9.74. The Balaban J connectivity index is 1.32. The molecule has 4 nitrogen and oxygen atoms in total. The number of fused-ring (bicyclic) bond motifs is 2. The Morgan fingerprint density at radius 1 is 1.03 bits per heavy atom. The second-order valence-corrected chi connectivity index (χ2v) is 10.7. The number of anilines is 1. The van der Waals surface area contributed by atoms with Crippen molar-refractivity contribution in [3.05, 3.63) is 97.7 Å². The largest absolute Gasteiger partial charge is 0.307 e. The highest BCUT2D eigenvalue weighted by atomic mass is 35.5. The molecule has 1 fully saturated rings. The summed E-state index contributed by atoms with van der Waals surface area (Å²) in [6.45, 7) is 3.29. The Morgan fingerprint density at radius 2 is 1.83 bits per heavy atom. The number of aromatic nitrogens is 1. The molecule has 0 bridgehead atoms. The van der Waals surface area contributed by atoms with Crippen molar-refractivity contribution < 1.29 is 4.79 Å². The van der Waals surface area contributed by atoms with Gasteiger partial charge in [0, 0.05) is 41.0 Å². The zero-order valence-electron chi connectivity index (χ0n) is 18.9. The fourth-order valence-electron chi connectivity index (χ4n) is 5.08. The lowest BCUT2D eigenvalue weighted by Gasteiger charge is -2.39. The first-order chi connectivity index (χ1) is 16.9. The number of nitrogens with zero attached hydrogens (tertiary/aromatic N) is 3. The van der Waals surface area contributed by atoms with Crippen LogP contribution in [0.4, 0.5) is 5.69 Å². The van der Waals surface area contributed by atoms with Gasteiger partial charge in [0.1, 0.15) is 5.15 Å². The smallest absolute Gasteiger partial charge is 0.258 e. The molecule has 5 rings (SSSR count). The molecule has 180 valence electrons. The van der Waals surface area contributed by atoms with Gasteiger partial charge in [0.25, 0.3) is 5.91 Å². The van der Waals surface area contributed by atoms with Crippen molar-refractivity contribution in [2.24, 2.45) is 0 Å². The number of pyridine rings is 1. The summed E-state index contributed by atoms with van der Waals surface area (Å²) in [4.78, 5) is 21.7. The maximum atomic E-state index is 13.4. The summed E-state index contributed by atoms with van der Waals surface area (Å²) in [5.74, 6) is -0.0708. The molecule has 0 radical (unpaired) electrons. The minimum Gasteiger partial charge on any atom is -0.307 e. The Bertz CT molecular complexity index is 1300. The number of hydrogen-bond donors (Lipinski definition) is 0. The van der Waals surface area contributed by atoms with Crippen molar-refractivity contribution in [2.75, 3.05) is 31.1 Å². The number of carbonyl (C=O) groups is 1. The second kappa shape index (κ2) is 10.1. The second-order valence-electron chi connectivity index (χ2n) is 9.05. The van der Waals surface area contributed by atoms with Crippen LogP contribution in [-0.2, 0) is 5.41 Å². The van der Waals surface area contributed by atoms with Crippen LogP contribution in [0.1, 0.15) is 34.3 Å². The molecular weight excluding hydrogens is 524 g/mol. The van der Waals surface area contributed by atoms with Gasteiger partial charge in [0.15, 0.2) is 0 Å². The molecule has 1 spiro atoms. The van der Waals surface area contributed by atoms with E-state index in [1.807, 2.05) is 41.3 Å². The fourth-order valence-corrected chi connectivity index (χ4v) is 5.80. The van der Waals surface area contributed by atoms with Crippen LogP contribution in [0.2, 0.25) is 20.2 Å². The maximum absolute atomic E-state index is 13.4. The Kier molecular flexibility index (Phi) is 7.11. The van der Waals surface area contributed by atoms with Crippen molar-refractivity contribution >= 4 is 64.1 Å². The van der Waals surface area contributed by atoms with Gasteiger partial charge in [0.2, 0.25) is 0 Å². The van der Waals surface area contributed by atoms with Crippen LogP contribution in [0.5, 0.6) is 0 Å². The van der Waals surface area contributed by atoms with Crippen LogP contribution in [0.15, 0.2) is 60.8 Å². The number of piperidine rings is 1. The fraction of sp³-hybridized carbons (Fsp3) is 0.259. The number of amides is 1. The lowest BCUT2D eigenvalue weighted by Crippen LogP contribution is -2.46. The third-order valence-electron chi connectivity index (χ3n) is 6.96. The van der Waals surface area contributed by atoms with Gasteiger partial charge >= 0.3 is 0 Å². The highest BCUT2D eigenvalue weighted by Crippen LogP contribution is 2.48. The van der Waals surface area contributed by atoms with E-state index in [0.29, 0.717) is 32.3 Å². The van der Waals surface area contributed by atoms with Crippen LogP contribution in [0, 0.1) is 0 Å². The SMILES string of the molecule is O=C(c1ccnc(Cl)c1)N1CC2(CCN(CC=Cc3cccc(Cl)c3Cl)CC2)c2cc(Cl)ccc21. The number of likely N-dealkylation sites (tertiary alicyclic amines) is 1. The molecule has 3 aromatic rings. The van der Waals surface area contributed by atoms with E-state index in [4.69, 9.17) is 46.4 Å². The molecule has 1 amide bonds. The first-order valence-corrected chi connectivity index (χ1v) is 12.9. The highest BCUT2D eigenvalue weighted by molar-refractivity contribution is 6.42. The number of halogens is 4. The monoisotopic (exact) mass is 545 g/mol. The normalized spacial score (nSPS) is 17.3. The van der Waals surface area contributed by atoms with Crippen molar-refractivity contribution in [3.63, 3.8) is 0 Å². The first-order valence-electron chi connectivity index (χ1n) is 11.4. The van der Waals surface area contributed by atoms with E-state index < -0.39 is 0 Å². The summed E-state index contributed by atoms with van der Waals surface area (Å²) >= 11 is 24.9. The molecule has 3 heterocycles. The summed E-state index contributed by atoms with van der Waals surface area (Å²) in [7, 11) is 0. The van der Waals surface area contributed by atoms with Gasteiger partial charge in [-0.05, 0) is 73.5 Å². The van der Waals surface area contributed by atoms with Crippen LogP contribution in [0.25, 0.3) is 6.08 Å². The van der Waals surface area contributed by atoms with Crippen molar-refractivity contribution in [1.29, 1.82) is 0 Å². The summed E-state index contributed by atoms with van der Waals surface area (Å²) in [5.41, 5.74) is 3.40. The molecule has 0 N–H and O–H groups in total. The van der Waals surface area contributed by atoms with Gasteiger partial charge < -0.3 is 4.90 Å². The number of hydrogen-bond acceptors (Lipinski definition) is 3. The third-order valence-corrected chi connectivity index (χ3v) is 8.23. The van der Waals surface area contributed by atoms with Gasteiger partial charge in [-0.15, -0.1) is 0 Å². The minimum atomic E-state index is -0.122. The molecular formula is C27H23Cl4N3O. The predicted octanol–water partition coefficient (Wildman–Crippen LogP) is 7.40. The topological polar surface area (TPSA) is 36.4 Å². The molecule has 0 atom stereocenters. The molecule has 0 unspecified atom stereocenters. The van der Waals surface area contributed by atoms with Crippen LogP contribution in [0.3, 0.4) is 0 Å². The van der Waals surface area contributed by atoms with E-state index >= 15 is 0 Å². The summed E-state index contributed by atoms with van der Waals surface area (Å²) in [6, 6.07) is 14.8. The van der Waals surface area contributed by atoms with Crippen molar-refractivity contribution in [3.8, 4) is 0 Å². The Morgan fingerprint density at radius 3 is 2.60 bits per heavy atom. The van der Waals surface area contributed by atoms with Gasteiger partial charge in [-0.3, -0.25) is 9.69 Å². The van der Waals surface area contributed by atoms with E-state index in [2.05, 4.69) is 16.0 Å². The highest BCUT2D eigenvalue weighted by Gasteiger charge is 2.46. The zero-order valence-corrected chi connectivity index (χ0v) is 21.9. The molecule has 2 aliphatic heterocycles. The predicted molar refractivity (Wildman–Crippen MR) is 145 cm³/mol. The lowest BCUT2D eigenvalue weighted by molar-refractivity contribution is 0.0977. The van der Waals surface area contributed by atoms with Crippen LogP contribution in [-0.4, -0.2) is 42.0 Å². The van der Waals surface area contributed by atoms with Gasteiger partial charge in [-0.25, -0.2) is 4.98 Å². The maximum Gasteiger partial charge on any atom is 0.258 e. The van der Waals surface area contributed by atoms with E-state index in [0.717, 1.165) is 49.3 Å². The molecule has 0 saturated carbocycles. The van der Waals surface area contributed by atoms with Crippen LogP contribution >= 0.6 is 46.4 Å². The third kappa shape index (κ3) is 4.96. The van der Waals surface area contributed by atoms with E-state index in [1.165, 1.54) is 0 Å². The molecule has 2 aliphatic rings. The van der Waals surface area contributed by atoms with Gasteiger partial charge in [0.05, 0.1) is 10.0 Å². The molecule has 8 heteroatoms. The molecule has 1 aromatic heterocycles. The average Bonchev–Trinajstić information content (AvgIpc) is 3.15. The first kappa shape index (κ1) is 24.6. The number of rotatable bonds is 4. The quantitative estimate of drug-likeness (QED) is 0.320. The van der Waals surface area contributed by atoms with Gasteiger partial charge in [-0.2, -0.15) is 0 Å². The zero-order chi connectivity index (χ0) is 24.6. The van der Waals surface area contributed by atoms with E-state index in [-0.39, 0.29) is 11.3 Å². The number of carbonyl (C=O) groups excluding carboxylic acids is 1. The molecule has 0 aliphatic carbocycles. The summed E-state index contributed by atoms with van der Waals surface area (Å²) < 4.78 is 0. The standard InChI is InChI=1S/C27H23Cl4N3O/c28-20-6-7-23-21(16-20)27(17-34(23)26(35)19-8-11-32-24(30)15-19)9-13-33(14-10-27)12-2-4-18-3-1-5-22(29)25(18)31/h1-8,11,15-16H,9-10,12-14,17H2. The Hall–Kier alpha value is -2.08. The van der Waals surface area contributed by atoms with Crippen molar-refractivity contribution in [1.82, 2.24) is 9.88 Å².